The number of nitrogens with zero attached hydrogens (tertiary/aromatic N) is 1. The lowest BCUT2D eigenvalue weighted by molar-refractivity contribution is -0.139. The van der Waals surface area contributed by atoms with Gasteiger partial charge in [0.25, 0.3) is 0 Å². The van der Waals surface area contributed by atoms with Crippen LogP contribution in [-0.4, -0.2) is 25.4 Å². The summed E-state index contributed by atoms with van der Waals surface area (Å²) in [6.07, 6.45) is 6.72. The highest BCUT2D eigenvalue weighted by molar-refractivity contribution is 6.81. The Morgan fingerprint density at radius 1 is 1.00 bits per heavy atom. The lowest BCUT2D eigenvalue weighted by Crippen LogP contribution is -2.58. The molecule has 0 amide bonds. The summed E-state index contributed by atoms with van der Waals surface area (Å²) in [5, 5.41) is 0. The van der Waals surface area contributed by atoms with Crippen LogP contribution >= 0.6 is 0 Å². The molecule has 0 aliphatic carbocycles. The summed E-state index contributed by atoms with van der Waals surface area (Å²) in [6.45, 7) is 23.0. The van der Waals surface area contributed by atoms with Crippen molar-refractivity contribution in [2.24, 2.45) is 5.41 Å². The number of allylic oxidation sites excluding steroid dienone is 1. The highest BCUT2D eigenvalue weighted by atomic mass is 28.3. The number of benzene rings is 1. The Bertz CT molecular complexity index is 796. The zero-order valence-electron chi connectivity index (χ0n) is 21.3. The van der Waals surface area contributed by atoms with E-state index in [0.717, 1.165) is 11.1 Å². The van der Waals surface area contributed by atoms with Crippen molar-refractivity contribution < 1.29 is 9.53 Å². The van der Waals surface area contributed by atoms with Gasteiger partial charge < -0.3 is 9.30 Å². The SMILES string of the molecule is CCOC(=O)C1=CN([Si](C(C)C)(C(C)C)C(C)C)C=CC1(c1ccccc1)C(C)(C)C. The van der Waals surface area contributed by atoms with Crippen molar-refractivity contribution in [1.29, 1.82) is 0 Å². The van der Waals surface area contributed by atoms with E-state index in [1.807, 2.05) is 13.0 Å². The number of hydrogen-bond acceptors (Lipinski definition) is 3. The van der Waals surface area contributed by atoms with Gasteiger partial charge in [-0.2, -0.15) is 0 Å². The van der Waals surface area contributed by atoms with Gasteiger partial charge in [0.05, 0.1) is 17.6 Å². The van der Waals surface area contributed by atoms with Crippen molar-refractivity contribution in [2.45, 2.75) is 91.3 Å². The van der Waals surface area contributed by atoms with Gasteiger partial charge in [0.2, 0.25) is 0 Å². The zero-order chi connectivity index (χ0) is 23.6. The molecule has 31 heavy (non-hydrogen) atoms. The van der Waals surface area contributed by atoms with E-state index in [1.54, 1.807) is 0 Å². The maximum Gasteiger partial charge on any atom is 0.336 e. The summed E-state index contributed by atoms with van der Waals surface area (Å²) in [5.41, 5.74) is 2.72. The smallest absolute Gasteiger partial charge is 0.336 e. The minimum absolute atomic E-state index is 0.213. The van der Waals surface area contributed by atoms with Crippen LogP contribution in [0.5, 0.6) is 0 Å². The van der Waals surface area contributed by atoms with Crippen molar-refractivity contribution >= 4 is 14.2 Å². The molecule has 0 spiro atoms. The molecule has 172 valence electrons. The molecule has 1 aliphatic rings. The molecule has 1 heterocycles. The molecule has 0 radical (unpaired) electrons. The van der Waals surface area contributed by atoms with E-state index in [2.05, 4.69) is 110 Å². The predicted octanol–water partition coefficient (Wildman–Crippen LogP) is 7.42. The third-order valence-corrected chi connectivity index (χ3v) is 14.0. The summed E-state index contributed by atoms with van der Waals surface area (Å²) in [7, 11) is -2.00. The number of hydrogen-bond donors (Lipinski definition) is 0. The molecule has 0 saturated heterocycles. The number of carbonyl (C=O) groups excluding carboxylic acids is 1. The van der Waals surface area contributed by atoms with Gasteiger partial charge in [0.15, 0.2) is 8.24 Å². The molecular formula is C27H43NO2Si. The molecule has 0 saturated carbocycles. The van der Waals surface area contributed by atoms with Gasteiger partial charge in [-0.15, -0.1) is 0 Å². The summed E-state index contributed by atoms with van der Waals surface area (Å²) in [4.78, 5) is 13.5. The van der Waals surface area contributed by atoms with Crippen molar-refractivity contribution in [1.82, 2.24) is 4.57 Å². The van der Waals surface area contributed by atoms with E-state index in [9.17, 15) is 4.79 Å². The van der Waals surface area contributed by atoms with Gasteiger partial charge >= 0.3 is 5.97 Å². The Morgan fingerprint density at radius 3 is 1.94 bits per heavy atom. The van der Waals surface area contributed by atoms with Crippen LogP contribution in [0.2, 0.25) is 16.6 Å². The van der Waals surface area contributed by atoms with Crippen LogP contribution in [0.15, 0.2) is 54.4 Å². The van der Waals surface area contributed by atoms with Crippen molar-refractivity contribution in [2.75, 3.05) is 6.61 Å². The van der Waals surface area contributed by atoms with Gasteiger partial charge in [-0.25, -0.2) is 4.79 Å². The molecule has 4 heteroatoms. The van der Waals surface area contributed by atoms with Crippen molar-refractivity contribution in [3.8, 4) is 0 Å². The van der Waals surface area contributed by atoms with E-state index in [-0.39, 0.29) is 11.4 Å². The maximum absolute atomic E-state index is 13.5. The monoisotopic (exact) mass is 441 g/mol. The van der Waals surface area contributed by atoms with Crippen molar-refractivity contribution in [3.05, 3.63) is 59.9 Å². The fourth-order valence-electron chi connectivity index (χ4n) is 6.16. The Morgan fingerprint density at radius 2 is 1.52 bits per heavy atom. The van der Waals surface area contributed by atoms with Crippen LogP contribution < -0.4 is 0 Å². The lowest BCUT2D eigenvalue weighted by Gasteiger charge is -2.53. The molecule has 1 aliphatic heterocycles. The Kier molecular flexibility index (Phi) is 7.68. The Labute approximate surface area is 191 Å². The molecule has 1 atom stereocenters. The zero-order valence-corrected chi connectivity index (χ0v) is 22.3. The fourth-order valence-corrected chi connectivity index (χ4v) is 12.6. The Hall–Kier alpha value is -1.81. The average molecular weight is 442 g/mol. The quantitative estimate of drug-likeness (QED) is 0.325. The molecule has 3 nitrogen and oxygen atoms in total. The molecule has 1 aromatic rings. The summed E-state index contributed by atoms with van der Waals surface area (Å²) in [5.74, 6) is -0.213. The predicted molar refractivity (Wildman–Crippen MR) is 134 cm³/mol. The maximum atomic E-state index is 13.5. The van der Waals surface area contributed by atoms with Crippen LogP contribution in [0.1, 0.15) is 74.8 Å². The summed E-state index contributed by atoms with van der Waals surface area (Å²) in [6, 6.07) is 10.4. The second-order valence-corrected chi connectivity index (χ2v) is 16.5. The second-order valence-electron chi connectivity index (χ2n) is 10.8. The van der Waals surface area contributed by atoms with Crippen molar-refractivity contribution in [3.63, 3.8) is 0 Å². The molecular weight excluding hydrogens is 398 g/mol. The largest absolute Gasteiger partial charge is 0.463 e. The standard InChI is InChI=1S/C27H43NO2Si/c1-11-30-25(29)24-19-28(31(20(2)3,21(4)5)22(6)7)18-17-27(24,26(8,9)10)23-15-13-12-14-16-23/h12-22H,11H2,1-10H3. The van der Waals surface area contributed by atoms with Gasteiger partial charge in [-0.3, -0.25) is 0 Å². The summed E-state index contributed by atoms with van der Waals surface area (Å²) >= 11 is 0. The molecule has 0 fully saturated rings. The summed E-state index contributed by atoms with van der Waals surface area (Å²) < 4.78 is 8.09. The van der Waals surface area contributed by atoms with E-state index < -0.39 is 13.7 Å². The topological polar surface area (TPSA) is 29.5 Å². The van der Waals surface area contributed by atoms with Crippen LogP contribution in [0.3, 0.4) is 0 Å². The molecule has 0 bridgehead atoms. The van der Waals surface area contributed by atoms with Gasteiger partial charge in [0, 0.05) is 6.20 Å². The molecule has 2 rings (SSSR count). The minimum Gasteiger partial charge on any atom is -0.463 e. The number of carbonyl (C=O) groups is 1. The normalized spacial score (nSPS) is 19.9. The first-order valence-corrected chi connectivity index (χ1v) is 14.0. The van der Waals surface area contributed by atoms with Crippen LogP contribution in [0, 0.1) is 5.41 Å². The second kappa shape index (κ2) is 9.36. The van der Waals surface area contributed by atoms with E-state index in [0.29, 0.717) is 23.2 Å². The third-order valence-electron chi connectivity index (χ3n) is 7.31. The van der Waals surface area contributed by atoms with E-state index in [4.69, 9.17) is 4.74 Å². The highest BCUT2D eigenvalue weighted by Crippen LogP contribution is 2.53. The van der Waals surface area contributed by atoms with Crippen LogP contribution in [0.25, 0.3) is 0 Å². The number of esters is 1. The van der Waals surface area contributed by atoms with Gasteiger partial charge in [-0.05, 0) is 40.7 Å². The first-order chi connectivity index (χ1) is 14.4. The lowest BCUT2D eigenvalue weighted by atomic mass is 9.58. The van der Waals surface area contributed by atoms with Gasteiger partial charge in [0.1, 0.15) is 0 Å². The number of rotatable bonds is 7. The molecule has 1 unspecified atom stereocenters. The molecule has 1 aromatic carbocycles. The first kappa shape index (κ1) is 25.4. The molecule has 0 N–H and O–H groups in total. The van der Waals surface area contributed by atoms with Crippen LogP contribution in [0.4, 0.5) is 0 Å². The third kappa shape index (κ3) is 4.16. The number of ether oxygens (including phenoxy) is 1. The Balaban J connectivity index is 2.85. The first-order valence-electron chi connectivity index (χ1n) is 11.8. The van der Waals surface area contributed by atoms with E-state index >= 15 is 0 Å². The molecule has 0 aromatic heterocycles. The highest BCUT2D eigenvalue weighted by Gasteiger charge is 2.53. The average Bonchev–Trinajstić information content (AvgIpc) is 2.67. The van der Waals surface area contributed by atoms with Gasteiger partial charge in [-0.1, -0.05) is 98.7 Å². The van der Waals surface area contributed by atoms with E-state index in [1.165, 1.54) is 0 Å². The minimum atomic E-state index is -2.00. The fraction of sp³-hybridized carbons (Fsp3) is 0.593. The van der Waals surface area contributed by atoms with Crippen LogP contribution in [-0.2, 0) is 14.9 Å².